The Labute approximate surface area is 98.6 Å². The van der Waals surface area contributed by atoms with E-state index in [2.05, 4.69) is 4.98 Å². The zero-order valence-corrected chi connectivity index (χ0v) is 9.96. The number of hydrogen-bond donors (Lipinski definition) is 1. The normalized spacial score (nSPS) is 11.2. The average Bonchev–Trinajstić information content (AvgIpc) is 2.75. The Morgan fingerprint density at radius 1 is 1.35 bits per heavy atom. The van der Waals surface area contributed by atoms with E-state index in [9.17, 15) is 9.36 Å². The Kier molecular flexibility index (Phi) is 3.02. The maximum absolute atomic E-state index is 11.5. The summed E-state index contributed by atoms with van der Waals surface area (Å²) in [5, 5.41) is 9.01. The standard InChI is InChI=1S/C11H9N2O3P/c1-17(16)13-7-9(6-10(13)11(14)15)8-2-4-12-5-3-8/h2-7H,1H3/p+1. The van der Waals surface area contributed by atoms with Crippen molar-refractivity contribution in [2.45, 2.75) is 0 Å². The molecule has 0 saturated heterocycles. The van der Waals surface area contributed by atoms with Crippen molar-refractivity contribution in [2.24, 2.45) is 0 Å². The predicted molar refractivity (Wildman–Crippen MR) is 63.6 cm³/mol. The summed E-state index contributed by atoms with van der Waals surface area (Å²) in [6, 6.07) is 5.05. The molecule has 0 spiro atoms. The van der Waals surface area contributed by atoms with Crippen molar-refractivity contribution in [3.8, 4) is 11.1 Å². The highest BCUT2D eigenvalue weighted by Gasteiger charge is 2.22. The summed E-state index contributed by atoms with van der Waals surface area (Å²) < 4.78 is 12.7. The molecule has 0 aromatic carbocycles. The minimum absolute atomic E-state index is 0.0282. The van der Waals surface area contributed by atoms with Gasteiger partial charge in [0.2, 0.25) is 0 Å². The first kappa shape index (κ1) is 11.5. The molecule has 2 heterocycles. The number of nitrogens with zero attached hydrogens (tertiary/aromatic N) is 2. The lowest BCUT2D eigenvalue weighted by Gasteiger charge is -1.93. The highest BCUT2D eigenvalue weighted by atomic mass is 31.1. The zero-order valence-electron chi connectivity index (χ0n) is 9.07. The maximum atomic E-state index is 11.5. The van der Waals surface area contributed by atoms with E-state index in [1.807, 2.05) is 0 Å². The van der Waals surface area contributed by atoms with Gasteiger partial charge in [0.05, 0.1) is 6.20 Å². The molecule has 86 valence electrons. The molecular weight excluding hydrogens is 239 g/mol. The molecule has 1 atom stereocenters. The highest BCUT2D eigenvalue weighted by Crippen LogP contribution is 2.29. The van der Waals surface area contributed by atoms with Gasteiger partial charge >= 0.3 is 13.9 Å². The topological polar surface area (TPSA) is 72.2 Å². The fourth-order valence-corrected chi connectivity index (χ4v) is 2.28. The molecule has 0 fully saturated rings. The van der Waals surface area contributed by atoms with E-state index >= 15 is 0 Å². The van der Waals surface area contributed by atoms with E-state index in [0.717, 1.165) is 11.1 Å². The molecule has 0 aliphatic rings. The van der Waals surface area contributed by atoms with E-state index in [-0.39, 0.29) is 5.69 Å². The largest absolute Gasteiger partial charge is 0.476 e. The first-order valence-corrected chi connectivity index (χ1v) is 6.53. The summed E-state index contributed by atoms with van der Waals surface area (Å²) in [5.74, 6) is -1.09. The molecule has 2 rings (SSSR count). The second kappa shape index (κ2) is 4.47. The van der Waals surface area contributed by atoms with Crippen LogP contribution in [0.15, 0.2) is 36.8 Å². The number of aromatic carboxylic acids is 1. The van der Waals surface area contributed by atoms with E-state index in [1.54, 1.807) is 30.7 Å². The molecule has 0 aliphatic carbocycles. The van der Waals surface area contributed by atoms with E-state index in [4.69, 9.17) is 5.11 Å². The lowest BCUT2D eigenvalue weighted by Crippen LogP contribution is -2.01. The van der Waals surface area contributed by atoms with Crippen molar-refractivity contribution in [1.29, 1.82) is 0 Å². The fraction of sp³-hybridized carbons (Fsp3) is 0.0909. The van der Waals surface area contributed by atoms with Crippen molar-refractivity contribution < 1.29 is 14.5 Å². The molecule has 0 amide bonds. The summed E-state index contributed by atoms with van der Waals surface area (Å²) >= 11 is 0. The number of carboxylic acids is 1. The van der Waals surface area contributed by atoms with Crippen molar-refractivity contribution in [3.05, 3.63) is 42.5 Å². The molecule has 0 radical (unpaired) electrons. The smallest absolute Gasteiger partial charge is 0.463 e. The molecule has 1 unspecified atom stereocenters. The van der Waals surface area contributed by atoms with Gasteiger partial charge in [-0.1, -0.05) is 0 Å². The van der Waals surface area contributed by atoms with Gasteiger partial charge in [0.15, 0.2) is 12.4 Å². The van der Waals surface area contributed by atoms with Crippen LogP contribution in [0.1, 0.15) is 10.5 Å². The third kappa shape index (κ3) is 2.24. The molecule has 2 aromatic rings. The van der Waals surface area contributed by atoms with E-state index in [0.29, 0.717) is 0 Å². The Hall–Kier alpha value is -2.00. The average molecular weight is 249 g/mol. The first-order chi connectivity index (χ1) is 8.09. The van der Waals surface area contributed by atoms with Crippen molar-refractivity contribution in [1.82, 2.24) is 9.32 Å². The molecule has 2 aromatic heterocycles. The van der Waals surface area contributed by atoms with Crippen LogP contribution in [-0.2, 0) is 4.57 Å². The maximum Gasteiger partial charge on any atom is 0.463 e. The molecule has 0 saturated carbocycles. The number of carboxylic acid groups (broad SMARTS) is 1. The van der Waals surface area contributed by atoms with Crippen LogP contribution >= 0.6 is 7.95 Å². The van der Waals surface area contributed by atoms with Crippen molar-refractivity contribution >= 4 is 13.9 Å². The van der Waals surface area contributed by atoms with Gasteiger partial charge in [0, 0.05) is 18.0 Å². The molecule has 17 heavy (non-hydrogen) atoms. The Balaban J connectivity index is 2.55. The number of rotatable bonds is 3. The summed E-state index contributed by atoms with van der Waals surface area (Å²) in [7, 11) is -1.75. The molecule has 5 nitrogen and oxygen atoms in total. The Bertz CT molecular complexity index is 546. The number of aromatic nitrogens is 2. The molecule has 6 heteroatoms. The predicted octanol–water partition coefficient (Wildman–Crippen LogP) is 2.47. The lowest BCUT2D eigenvalue weighted by molar-refractivity contribution is 0.0689. The first-order valence-electron chi connectivity index (χ1n) is 4.87. The summed E-state index contributed by atoms with van der Waals surface area (Å²) in [5.41, 5.74) is 1.59. The Morgan fingerprint density at radius 3 is 2.47 bits per heavy atom. The van der Waals surface area contributed by atoms with Crippen LogP contribution in [-0.4, -0.2) is 27.1 Å². The summed E-state index contributed by atoms with van der Waals surface area (Å²) in [6.45, 7) is 1.47. The Morgan fingerprint density at radius 2 is 2.00 bits per heavy atom. The fourth-order valence-electron chi connectivity index (χ4n) is 1.55. The van der Waals surface area contributed by atoms with Gasteiger partial charge in [-0.15, -0.1) is 4.34 Å². The van der Waals surface area contributed by atoms with E-state index < -0.39 is 13.9 Å². The van der Waals surface area contributed by atoms with Gasteiger partial charge in [-0.2, -0.15) is 0 Å². The van der Waals surface area contributed by atoms with Gasteiger partial charge in [-0.25, -0.2) is 4.79 Å². The third-order valence-electron chi connectivity index (χ3n) is 2.34. The van der Waals surface area contributed by atoms with Crippen LogP contribution in [0, 0.1) is 0 Å². The minimum Gasteiger partial charge on any atom is -0.476 e. The van der Waals surface area contributed by atoms with Gasteiger partial charge in [-0.3, -0.25) is 4.98 Å². The second-order valence-corrected chi connectivity index (χ2v) is 4.82. The zero-order chi connectivity index (χ0) is 12.4. The summed E-state index contributed by atoms with van der Waals surface area (Å²) in [4.78, 5) is 14.9. The van der Waals surface area contributed by atoms with Crippen LogP contribution in [0.3, 0.4) is 0 Å². The van der Waals surface area contributed by atoms with Crippen molar-refractivity contribution in [2.75, 3.05) is 6.66 Å². The minimum atomic E-state index is -1.75. The molecule has 1 N–H and O–H groups in total. The number of carbonyl (C=O) groups is 1. The van der Waals surface area contributed by atoms with Gasteiger partial charge in [0.25, 0.3) is 0 Å². The second-order valence-electron chi connectivity index (χ2n) is 3.46. The summed E-state index contributed by atoms with van der Waals surface area (Å²) in [6.07, 6.45) is 4.83. The van der Waals surface area contributed by atoms with Crippen molar-refractivity contribution in [3.63, 3.8) is 0 Å². The number of hydrogen-bond acceptors (Lipinski definition) is 3. The van der Waals surface area contributed by atoms with Crippen LogP contribution < -0.4 is 0 Å². The van der Waals surface area contributed by atoms with Gasteiger partial charge in [-0.05, 0) is 28.3 Å². The van der Waals surface area contributed by atoms with E-state index in [1.165, 1.54) is 17.1 Å². The number of pyridine rings is 1. The molecular formula is C11H10N2O3P+. The SMILES string of the molecule is C[P+](=O)n1cc(-c2ccncc2)cc1C(=O)O. The third-order valence-corrected chi connectivity index (χ3v) is 3.27. The van der Waals surface area contributed by atoms with Gasteiger partial charge in [0.1, 0.15) is 0 Å². The lowest BCUT2D eigenvalue weighted by atomic mass is 10.1. The van der Waals surface area contributed by atoms with Crippen LogP contribution in [0.25, 0.3) is 11.1 Å². The van der Waals surface area contributed by atoms with Gasteiger partial charge < -0.3 is 5.11 Å². The molecule has 0 bridgehead atoms. The molecule has 0 aliphatic heterocycles. The highest BCUT2D eigenvalue weighted by molar-refractivity contribution is 7.42. The monoisotopic (exact) mass is 249 g/mol. The van der Waals surface area contributed by atoms with Crippen LogP contribution in [0.4, 0.5) is 0 Å². The van der Waals surface area contributed by atoms with Crippen LogP contribution in [0.5, 0.6) is 0 Å². The van der Waals surface area contributed by atoms with Crippen LogP contribution in [0.2, 0.25) is 0 Å². The quantitative estimate of drug-likeness (QED) is 0.848.